The third kappa shape index (κ3) is 2.72. The second-order valence-corrected chi connectivity index (χ2v) is 5.45. The van der Waals surface area contributed by atoms with Gasteiger partial charge >= 0.3 is 0 Å². The molecule has 0 amide bonds. The first-order chi connectivity index (χ1) is 8.29. The lowest BCUT2D eigenvalue weighted by atomic mass is 9.85. The van der Waals surface area contributed by atoms with Crippen LogP contribution in [0, 0.1) is 0 Å². The molecule has 1 aromatic heterocycles. The zero-order valence-corrected chi connectivity index (χ0v) is 10.5. The van der Waals surface area contributed by atoms with Gasteiger partial charge in [0.1, 0.15) is 6.10 Å². The molecule has 4 heteroatoms. The van der Waals surface area contributed by atoms with Gasteiger partial charge in [-0.1, -0.05) is 18.0 Å². The van der Waals surface area contributed by atoms with Crippen LogP contribution in [-0.4, -0.2) is 23.2 Å². The topological polar surface area (TPSA) is 34.1 Å². The van der Waals surface area contributed by atoms with Crippen molar-refractivity contribution in [3.8, 4) is 5.88 Å². The van der Waals surface area contributed by atoms with E-state index in [2.05, 4.69) is 10.3 Å². The molecule has 1 unspecified atom stereocenters. The van der Waals surface area contributed by atoms with Gasteiger partial charge < -0.3 is 10.1 Å². The van der Waals surface area contributed by atoms with E-state index in [9.17, 15) is 0 Å². The van der Waals surface area contributed by atoms with Crippen molar-refractivity contribution in [3.63, 3.8) is 0 Å². The Morgan fingerprint density at radius 3 is 2.76 bits per heavy atom. The van der Waals surface area contributed by atoms with Gasteiger partial charge in [-0.25, -0.2) is 4.98 Å². The fourth-order valence-electron chi connectivity index (χ4n) is 2.93. The van der Waals surface area contributed by atoms with Gasteiger partial charge in [-0.2, -0.15) is 0 Å². The van der Waals surface area contributed by atoms with E-state index < -0.39 is 0 Å². The number of fused-ring (bicyclic) bond motifs is 2. The molecule has 0 aromatic carbocycles. The molecule has 17 heavy (non-hydrogen) atoms. The average molecular weight is 253 g/mol. The number of piperidine rings is 2. The van der Waals surface area contributed by atoms with Gasteiger partial charge in [0.2, 0.25) is 5.88 Å². The largest absolute Gasteiger partial charge is 0.474 e. The number of hydrogen-bond acceptors (Lipinski definition) is 3. The molecule has 2 fully saturated rings. The van der Waals surface area contributed by atoms with Crippen LogP contribution < -0.4 is 10.1 Å². The lowest BCUT2D eigenvalue weighted by molar-refractivity contribution is 0.0890. The van der Waals surface area contributed by atoms with E-state index in [4.69, 9.17) is 16.3 Å². The van der Waals surface area contributed by atoms with Gasteiger partial charge in [0.15, 0.2) is 0 Å². The number of hydrogen-bond donors (Lipinski definition) is 1. The number of pyridine rings is 1. The maximum Gasteiger partial charge on any atom is 0.214 e. The van der Waals surface area contributed by atoms with E-state index >= 15 is 0 Å². The Morgan fingerprint density at radius 2 is 2.06 bits per heavy atom. The minimum Gasteiger partial charge on any atom is -0.474 e. The van der Waals surface area contributed by atoms with Gasteiger partial charge in [-0.05, 0) is 31.7 Å². The maximum atomic E-state index is 5.94. The molecule has 2 aliphatic rings. The quantitative estimate of drug-likeness (QED) is 0.879. The molecule has 3 rings (SSSR count). The molecule has 3 atom stereocenters. The summed E-state index contributed by atoms with van der Waals surface area (Å²) in [5.74, 6) is 0.655. The van der Waals surface area contributed by atoms with Crippen molar-refractivity contribution in [2.45, 2.75) is 50.3 Å². The number of aromatic nitrogens is 1. The van der Waals surface area contributed by atoms with Crippen LogP contribution in [0.3, 0.4) is 0 Å². The van der Waals surface area contributed by atoms with Crippen molar-refractivity contribution in [1.29, 1.82) is 0 Å². The molecule has 92 valence electrons. The summed E-state index contributed by atoms with van der Waals surface area (Å²) in [5.41, 5.74) is 0. The van der Waals surface area contributed by atoms with Crippen LogP contribution in [0.25, 0.3) is 0 Å². The fourth-order valence-corrected chi connectivity index (χ4v) is 3.08. The number of ether oxygens (including phenoxy) is 1. The standard InChI is InChI=1S/C13H17ClN2O/c14-9-4-5-15-13(6-9)17-12-7-10-2-1-3-11(8-12)16-10/h4-6,10-12,16H,1-3,7-8H2/t10-,11+,12?. The molecule has 1 aromatic rings. The monoisotopic (exact) mass is 252 g/mol. The van der Waals surface area contributed by atoms with Crippen LogP contribution >= 0.6 is 11.6 Å². The minimum atomic E-state index is 0.289. The summed E-state index contributed by atoms with van der Waals surface area (Å²) in [6.07, 6.45) is 8.07. The summed E-state index contributed by atoms with van der Waals surface area (Å²) in [7, 11) is 0. The molecule has 0 saturated carbocycles. The highest BCUT2D eigenvalue weighted by Gasteiger charge is 2.32. The van der Waals surface area contributed by atoms with Crippen LogP contribution in [-0.2, 0) is 0 Å². The third-order valence-electron chi connectivity index (χ3n) is 3.66. The van der Waals surface area contributed by atoms with Gasteiger partial charge in [-0.15, -0.1) is 0 Å². The molecular weight excluding hydrogens is 236 g/mol. The number of nitrogens with one attached hydrogen (secondary N) is 1. The predicted molar refractivity (Wildman–Crippen MR) is 67.5 cm³/mol. The van der Waals surface area contributed by atoms with Crippen molar-refractivity contribution in [3.05, 3.63) is 23.4 Å². The third-order valence-corrected chi connectivity index (χ3v) is 3.89. The highest BCUT2D eigenvalue weighted by Crippen LogP contribution is 2.28. The van der Waals surface area contributed by atoms with Crippen LogP contribution in [0.4, 0.5) is 0 Å². The van der Waals surface area contributed by atoms with E-state index in [0.29, 0.717) is 23.0 Å². The highest BCUT2D eigenvalue weighted by atomic mass is 35.5. The van der Waals surface area contributed by atoms with Crippen LogP contribution in [0.2, 0.25) is 5.02 Å². The van der Waals surface area contributed by atoms with Crippen LogP contribution in [0.15, 0.2) is 18.3 Å². The lowest BCUT2D eigenvalue weighted by Crippen LogP contribution is -2.51. The van der Waals surface area contributed by atoms with Crippen molar-refractivity contribution in [2.24, 2.45) is 0 Å². The summed E-state index contributed by atoms with van der Waals surface area (Å²) in [4.78, 5) is 4.20. The molecule has 3 heterocycles. The number of halogens is 1. The first-order valence-electron chi connectivity index (χ1n) is 6.34. The van der Waals surface area contributed by atoms with Crippen molar-refractivity contribution in [2.75, 3.05) is 0 Å². The Hall–Kier alpha value is -0.800. The fraction of sp³-hybridized carbons (Fsp3) is 0.615. The summed E-state index contributed by atoms with van der Waals surface area (Å²) in [6.45, 7) is 0. The van der Waals surface area contributed by atoms with Gasteiger partial charge in [0.05, 0.1) is 0 Å². The van der Waals surface area contributed by atoms with Gasteiger partial charge in [0, 0.05) is 29.4 Å². The average Bonchev–Trinajstić information content (AvgIpc) is 2.28. The first kappa shape index (κ1) is 11.3. The van der Waals surface area contributed by atoms with Crippen molar-refractivity contribution >= 4 is 11.6 Å². The molecule has 2 bridgehead atoms. The Morgan fingerprint density at radius 1 is 1.29 bits per heavy atom. The zero-order chi connectivity index (χ0) is 11.7. The molecule has 0 radical (unpaired) electrons. The number of rotatable bonds is 2. The Labute approximate surface area is 107 Å². The predicted octanol–water partition coefficient (Wildman–Crippen LogP) is 2.79. The van der Waals surface area contributed by atoms with E-state index in [-0.39, 0.29) is 6.10 Å². The molecule has 3 nitrogen and oxygen atoms in total. The summed E-state index contributed by atoms with van der Waals surface area (Å²) in [6, 6.07) is 4.82. The molecular formula is C13H17ClN2O. The molecule has 2 saturated heterocycles. The summed E-state index contributed by atoms with van der Waals surface area (Å²) in [5, 5.41) is 4.34. The van der Waals surface area contributed by atoms with Crippen molar-refractivity contribution in [1.82, 2.24) is 10.3 Å². The summed E-state index contributed by atoms with van der Waals surface area (Å²) < 4.78 is 5.94. The smallest absolute Gasteiger partial charge is 0.214 e. The Kier molecular flexibility index (Phi) is 3.21. The van der Waals surface area contributed by atoms with Gasteiger partial charge in [0.25, 0.3) is 0 Å². The van der Waals surface area contributed by atoms with E-state index in [1.54, 1.807) is 18.3 Å². The second kappa shape index (κ2) is 4.83. The molecule has 0 spiro atoms. The van der Waals surface area contributed by atoms with Crippen molar-refractivity contribution < 1.29 is 4.74 Å². The second-order valence-electron chi connectivity index (χ2n) is 5.01. The zero-order valence-electron chi connectivity index (χ0n) is 9.73. The van der Waals surface area contributed by atoms with Crippen LogP contribution in [0.1, 0.15) is 32.1 Å². The summed E-state index contributed by atoms with van der Waals surface area (Å²) >= 11 is 5.93. The number of nitrogens with zero attached hydrogens (tertiary/aromatic N) is 1. The highest BCUT2D eigenvalue weighted by molar-refractivity contribution is 6.30. The lowest BCUT2D eigenvalue weighted by Gasteiger charge is -2.40. The van der Waals surface area contributed by atoms with E-state index in [0.717, 1.165) is 12.8 Å². The van der Waals surface area contributed by atoms with Crippen LogP contribution in [0.5, 0.6) is 5.88 Å². The molecule has 2 aliphatic heterocycles. The Bertz CT molecular complexity index is 387. The Balaban J connectivity index is 1.65. The SMILES string of the molecule is Clc1ccnc(OC2C[C@H]3CCC[C@@H](C2)N3)c1. The maximum absolute atomic E-state index is 5.94. The minimum absolute atomic E-state index is 0.289. The molecule has 1 N–H and O–H groups in total. The van der Waals surface area contributed by atoms with Gasteiger partial charge in [-0.3, -0.25) is 0 Å². The normalized spacial score (nSPS) is 32.2. The van der Waals surface area contributed by atoms with E-state index in [1.165, 1.54) is 19.3 Å². The molecule has 0 aliphatic carbocycles. The van der Waals surface area contributed by atoms with E-state index in [1.807, 2.05) is 0 Å². The first-order valence-corrected chi connectivity index (χ1v) is 6.71.